The second kappa shape index (κ2) is 6.84. The zero-order valence-corrected chi connectivity index (χ0v) is 8.03. The molecule has 1 aromatic rings. The van der Waals surface area contributed by atoms with Gasteiger partial charge in [0.05, 0.1) is 6.33 Å². The molecule has 0 aliphatic carbocycles. The first-order valence-corrected chi connectivity index (χ1v) is 3.95. The second-order valence-electron chi connectivity index (χ2n) is 2.35. The maximum Gasteiger partial charge on any atom is 0.291 e. The normalized spacial score (nSPS) is 11.3. The Kier molecular flexibility index (Phi) is 6.04. The standard InChI is InChI=1S/C7H12N2O.HNO3/c1-3-7(10-2)9-5-4-8-6-9;2-1(3)4/h4-7H,3H2,1-2H3;(H,2,3,4). The molecule has 1 rings (SSSR count). The van der Waals surface area contributed by atoms with E-state index < -0.39 is 5.09 Å². The second-order valence-corrected chi connectivity index (χ2v) is 2.35. The topological polar surface area (TPSA) is 90.4 Å². The van der Waals surface area contributed by atoms with Crippen molar-refractivity contribution in [3.05, 3.63) is 28.8 Å². The molecule has 14 heavy (non-hydrogen) atoms. The van der Waals surface area contributed by atoms with E-state index in [1.807, 2.05) is 10.8 Å². The Morgan fingerprint density at radius 3 is 2.64 bits per heavy atom. The zero-order valence-electron chi connectivity index (χ0n) is 8.03. The van der Waals surface area contributed by atoms with Crippen LogP contribution in [0, 0.1) is 10.1 Å². The predicted molar refractivity (Wildman–Crippen MR) is 47.3 cm³/mol. The van der Waals surface area contributed by atoms with Gasteiger partial charge in [-0.3, -0.25) is 0 Å². The molecule has 1 unspecified atom stereocenters. The van der Waals surface area contributed by atoms with Gasteiger partial charge in [0.1, 0.15) is 6.23 Å². The molecule has 0 bridgehead atoms. The molecule has 0 saturated carbocycles. The number of hydrogen-bond acceptors (Lipinski definition) is 4. The third kappa shape index (κ3) is 5.09. The Morgan fingerprint density at radius 1 is 1.79 bits per heavy atom. The summed E-state index contributed by atoms with van der Waals surface area (Å²) >= 11 is 0. The summed E-state index contributed by atoms with van der Waals surface area (Å²) in [5, 5.41) is 13.6. The van der Waals surface area contributed by atoms with E-state index in [0.717, 1.165) is 6.42 Å². The van der Waals surface area contributed by atoms with Crippen LogP contribution in [0.1, 0.15) is 19.6 Å². The van der Waals surface area contributed by atoms with Gasteiger partial charge in [-0.15, -0.1) is 10.1 Å². The van der Waals surface area contributed by atoms with Gasteiger partial charge < -0.3 is 14.5 Å². The summed E-state index contributed by atoms with van der Waals surface area (Å²) in [6, 6.07) is 0. The lowest BCUT2D eigenvalue weighted by atomic mass is 10.4. The summed E-state index contributed by atoms with van der Waals surface area (Å²) in [6.07, 6.45) is 6.52. The molecule has 80 valence electrons. The Morgan fingerprint density at radius 2 is 2.36 bits per heavy atom. The molecule has 0 aromatic carbocycles. The maximum atomic E-state index is 8.36. The smallest absolute Gasteiger partial charge is 0.291 e. The summed E-state index contributed by atoms with van der Waals surface area (Å²) in [5.41, 5.74) is 0. The predicted octanol–water partition coefficient (Wildman–Crippen LogP) is 1.09. The third-order valence-electron chi connectivity index (χ3n) is 1.48. The highest BCUT2D eigenvalue weighted by molar-refractivity contribution is 4.76. The van der Waals surface area contributed by atoms with E-state index in [0.29, 0.717) is 0 Å². The van der Waals surface area contributed by atoms with Crippen LogP contribution < -0.4 is 0 Å². The monoisotopic (exact) mass is 203 g/mol. The molecule has 1 N–H and O–H groups in total. The van der Waals surface area contributed by atoms with Crippen LogP contribution in [0.2, 0.25) is 0 Å². The lowest BCUT2D eigenvalue weighted by Gasteiger charge is -2.13. The van der Waals surface area contributed by atoms with Gasteiger partial charge in [-0.05, 0) is 6.42 Å². The molecule has 0 aliphatic heterocycles. The Bertz CT molecular complexity index is 241. The fraction of sp³-hybridized carbons (Fsp3) is 0.571. The summed E-state index contributed by atoms with van der Waals surface area (Å²) < 4.78 is 7.11. The number of nitrogens with zero attached hydrogens (tertiary/aromatic N) is 3. The van der Waals surface area contributed by atoms with Crippen molar-refractivity contribution in [1.82, 2.24) is 9.55 Å². The van der Waals surface area contributed by atoms with Crippen molar-refractivity contribution in [3.8, 4) is 0 Å². The fourth-order valence-corrected chi connectivity index (χ4v) is 0.939. The van der Waals surface area contributed by atoms with Gasteiger partial charge in [-0.1, -0.05) is 6.92 Å². The zero-order chi connectivity index (χ0) is 11.0. The third-order valence-corrected chi connectivity index (χ3v) is 1.48. The molecule has 0 spiro atoms. The van der Waals surface area contributed by atoms with E-state index in [1.54, 1.807) is 19.6 Å². The average molecular weight is 203 g/mol. The van der Waals surface area contributed by atoms with E-state index in [1.165, 1.54) is 0 Å². The highest BCUT2D eigenvalue weighted by atomic mass is 16.9. The molecule has 0 aliphatic rings. The van der Waals surface area contributed by atoms with Crippen LogP contribution in [-0.4, -0.2) is 27.0 Å². The van der Waals surface area contributed by atoms with Gasteiger partial charge in [0, 0.05) is 19.5 Å². The molecule has 0 saturated heterocycles. The molecule has 0 amide bonds. The minimum Gasteiger partial charge on any atom is -0.361 e. The first-order valence-electron chi connectivity index (χ1n) is 3.95. The van der Waals surface area contributed by atoms with Crippen LogP contribution >= 0.6 is 0 Å². The maximum absolute atomic E-state index is 8.36. The van der Waals surface area contributed by atoms with Gasteiger partial charge in [0.25, 0.3) is 5.09 Å². The fourth-order valence-electron chi connectivity index (χ4n) is 0.939. The minimum atomic E-state index is -1.50. The van der Waals surface area contributed by atoms with Crippen LogP contribution in [-0.2, 0) is 4.74 Å². The highest BCUT2D eigenvalue weighted by Crippen LogP contribution is 2.09. The van der Waals surface area contributed by atoms with Gasteiger partial charge in [0.2, 0.25) is 0 Å². The van der Waals surface area contributed by atoms with Gasteiger partial charge in [0.15, 0.2) is 0 Å². The van der Waals surface area contributed by atoms with Crippen molar-refractivity contribution >= 4 is 0 Å². The Hall–Kier alpha value is -1.63. The number of imidazole rings is 1. The molecule has 7 nitrogen and oxygen atoms in total. The molecule has 7 heteroatoms. The molecule has 0 fully saturated rings. The van der Waals surface area contributed by atoms with Crippen LogP contribution in [0.3, 0.4) is 0 Å². The van der Waals surface area contributed by atoms with Crippen molar-refractivity contribution < 1.29 is 15.0 Å². The van der Waals surface area contributed by atoms with E-state index >= 15 is 0 Å². The van der Waals surface area contributed by atoms with Crippen LogP contribution in [0.5, 0.6) is 0 Å². The van der Waals surface area contributed by atoms with Crippen LogP contribution in [0.25, 0.3) is 0 Å². The van der Waals surface area contributed by atoms with Crippen LogP contribution in [0.15, 0.2) is 18.7 Å². The summed E-state index contributed by atoms with van der Waals surface area (Å²) in [7, 11) is 1.70. The lowest BCUT2D eigenvalue weighted by molar-refractivity contribution is -0.742. The molecule has 0 radical (unpaired) electrons. The molecule has 1 heterocycles. The van der Waals surface area contributed by atoms with Crippen molar-refractivity contribution in [1.29, 1.82) is 0 Å². The highest BCUT2D eigenvalue weighted by Gasteiger charge is 2.03. The first-order chi connectivity index (χ1) is 6.61. The number of methoxy groups -OCH3 is 1. The largest absolute Gasteiger partial charge is 0.361 e. The molecular formula is C7H13N3O4. The SMILES string of the molecule is CCC(OC)n1ccnc1.O=[N+]([O-])O. The number of hydrogen-bond donors (Lipinski definition) is 1. The first kappa shape index (κ1) is 12.4. The molecule has 1 atom stereocenters. The average Bonchev–Trinajstić information content (AvgIpc) is 2.58. The van der Waals surface area contributed by atoms with E-state index in [2.05, 4.69) is 11.9 Å². The van der Waals surface area contributed by atoms with Gasteiger partial charge >= 0.3 is 0 Å². The molecule has 1 aromatic heterocycles. The Labute approximate surface area is 81.1 Å². The molecular weight excluding hydrogens is 190 g/mol. The van der Waals surface area contributed by atoms with E-state index in [-0.39, 0.29) is 6.23 Å². The van der Waals surface area contributed by atoms with Crippen molar-refractivity contribution in [2.75, 3.05) is 7.11 Å². The van der Waals surface area contributed by atoms with Gasteiger partial charge in [-0.25, -0.2) is 4.98 Å². The number of aromatic nitrogens is 2. The number of rotatable bonds is 3. The lowest BCUT2D eigenvalue weighted by Crippen LogP contribution is -2.07. The summed E-state index contributed by atoms with van der Waals surface area (Å²) in [4.78, 5) is 12.3. The Balaban J connectivity index is 0.000000364. The minimum absolute atomic E-state index is 0.141. The van der Waals surface area contributed by atoms with Crippen molar-refractivity contribution in [3.63, 3.8) is 0 Å². The summed E-state index contributed by atoms with van der Waals surface area (Å²) in [5.74, 6) is 0. The quantitative estimate of drug-likeness (QED) is 0.586. The van der Waals surface area contributed by atoms with Crippen molar-refractivity contribution in [2.24, 2.45) is 0 Å². The van der Waals surface area contributed by atoms with Crippen molar-refractivity contribution in [2.45, 2.75) is 19.6 Å². The van der Waals surface area contributed by atoms with Crippen LogP contribution in [0.4, 0.5) is 0 Å². The van der Waals surface area contributed by atoms with E-state index in [9.17, 15) is 0 Å². The summed E-state index contributed by atoms with van der Waals surface area (Å²) in [6.45, 7) is 2.08. The van der Waals surface area contributed by atoms with E-state index in [4.69, 9.17) is 20.1 Å². The number of ether oxygens (including phenoxy) is 1. The van der Waals surface area contributed by atoms with Gasteiger partial charge in [-0.2, -0.15) is 0 Å².